The van der Waals surface area contributed by atoms with Gasteiger partial charge in [0.15, 0.2) is 0 Å². The number of hydrogen-bond donors (Lipinski definition) is 1. The van der Waals surface area contributed by atoms with Crippen molar-refractivity contribution < 1.29 is 9.47 Å². The molecule has 1 aliphatic heterocycles. The third-order valence-electron chi connectivity index (χ3n) is 2.32. The van der Waals surface area contributed by atoms with E-state index < -0.39 is 0 Å². The molecular weight excluding hydrogens is 166 g/mol. The number of ether oxygens (including phenoxy) is 2. The minimum atomic E-state index is 0.0801. The minimum Gasteiger partial charge on any atom is -0.383 e. The van der Waals surface area contributed by atoms with E-state index in [-0.39, 0.29) is 5.54 Å². The van der Waals surface area contributed by atoms with E-state index in [1.165, 1.54) is 0 Å². The Morgan fingerprint density at radius 3 is 2.54 bits per heavy atom. The summed E-state index contributed by atoms with van der Waals surface area (Å²) in [4.78, 5) is 0. The predicted molar refractivity (Wildman–Crippen MR) is 52.9 cm³/mol. The number of hydrogen-bond acceptors (Lipinski definition) is 3. The second-order valence-electron chi connectivity index (χ2n) is 4.35. The van der Waals surface area contributed by atoms with Gasteiger partial charge in [0.2, 0.25) is 0 Å². The zero-order valence-electron chi connectivity index (χ0n) is 8.93. The number of nitrogens with one attached hydrogen (secondary N) is 1. The van der Waals surface area contributed by atoms with Gasteiger partial charge in [-0.3, -0.25) is 0 Å². The molecule has 0 radical (unpaired) electrons. The molecule has 0 aromatic heterocycles. The first-order chi connectivity index (χ1) is 6.14. The lowest BCUT2D eigenvalue weighted by Crippen LogP contribution is -2.50. The smallest absolute Gasteiger partial charge is 0.0639 e. The van der Waals surface area contributed by atoms with Crippen molar-refractivity contribution >= 4 is 0 Å². The molecule has 1 heterocycles. The first kappa shape index (κ1) is 11.0. The quantitative estimate of drug-likeness (QED) is 0.717. The molecule has 0 aliphatic carbocycles. The molecule has 0 bridgehead atoms. The molecule has 1 rings (SSSR count). The third-order valence-corrected chi connectivity index (χ3v) is 2.32. The van der Waals surface area contributed by atoms with E-state index in [1.807, 2.05) is 0 Å². The summed E-state index contributed by atoms with van der Waals surface area (Å²) in [6, 6.07) is 0.596. The van der Waals surface area contributed by atoms with Crippen LogP contribution in [0.3, 0.4) is 0 Å². The number of methoxy groups -OCH3 is 1. The summed E-state index contributed by atoms with van der Waals surface area (Å²) in [7, 11) is 1.74. The second kappa shape index (κ2) is 4.94. The van der Waals surface area contributed by atoms with Gasteiger partial charge in [-0.05, 0) is 26.7 Å². The Kier molecular flexibility index (Phi) is 4.16. The van der Waals surface area contributed by atoms with Crippen LogP contribution < -0.4 is 5.32 Å². The topological polar surface area (TPSA) is 30.5 Å². The summed E-state index contributed by atoms with van der Waals surface area (Å²) in [5.74, 6) is 0. The van der Waals surface area contributed by atoms with Crippen LogP contribution in [0, 0.1) is 0 Å². The van der Waals surface area contributed by atoms with E-state index >= 15 is 0 Å². The van der Waals surface area contributed by atoms with Crippen LogP contribution in [0.1, 0.15) is 26.7 Å². The molecule has 0 atom stereocenters. The Hall–Kier alpha value is -0.120. The van der Waals surface area contributed by atoms with E-state index in [2.05, 4.69) is 19.2 Å². The Bertz CT molecular complexity index is 142. The van der Waals surface area contributed by atoms with Crippen LogP contribution in [0.4, 0.5) is 0 Å². The zero-order chi connectivity index (χ0) is 9.73. The lowest BCUT2D eigenvalue weighted by Gasteiger charge is -2.33. The van der Waals surface area contributed by atoms with Crippen LogP contribution in [-0.2, 0) is 9.47 Å². The Morgan fingerprint density at radius 2 is 2.00 bits per heavy atom. The van der Waals surface area contributed by atoms with E-state index in [1.54, 1.807) is 7.11 Å². The highest BCUT2D eigenvalue weighted by molar-refractivity contribution is 4.83. The zero-order valence-corrected chi connectivity index (χ0v) is 8.93. The standard InChI is InChI=1S/C10H21NO2/c1-10(2,8-12-3)11-9-4-6-13-7-5-9/h9,11H,4-8H2,1-3H3. The van der Waals surface area contributed by atoms with Crippen molar-refractivity contribution in [2.24, 2.45) is 0 Å². The van der Waals surface area contributed by atoms with Crippen LogP contribution in [0.15, 0.2) is 0 Å². The molecule has 0 saturated carbocycles. The van der Waals surface area contributed by atoms with Crippen molar-refractivity contribution in [3.63, 3.8) is 0 Å². The Labute approximate surface area is 80.8 Å². The molecular formula is C10H21NO2. The fourth-order valence-electron chi connectivity index (χ4n) is 1.80. The Balaban J connectivity index is 2.28. The Morgan fingerprint density at radius 1 is 1.38 bits per heavy atom. The minimum absolute atomic E-state index is 0.0801. The van der Waals surface area contributed by atoms with Crippen LogP contribution >= 0.6 is 0 Å². The number of rotatable bonds is 4. The summed E-state index contributed by atoms with van der Waals surface area (Å²) < 4.78 is 10.5. The maximum atomic E-state index is 5.30. The van der Waals surface area contributed by atoms with E-state index in [9.17, 15) is 0 Å². The summed E-state index contributed by atoms with van der Waals surface area (Å²) in [6.07, 6.45) is 2.24. The van der Waals surface area contributed by atoms with Gasteiger partial charge in [-0.25, -0.2) is 0 Å². The van der Waals surface area contributed by atoms with Gasteiger partial charge in [-0.1, -0.05) is 0 Å². The van der Waals surface area contributed by atoms with Gasteiger partial charge in [0.25, 0.3) is 0 Å². The molecule has 0 spiro atoms. The summed E-state index contributed by atoms with van der Waals surface area (Å²) >= 11 is 0. The summed E-state index contributed by atoms with van der Waals surface area (Å²) in [5, 5.41) is 3.59. The first-order valence-electron chi connectivity index (χ1n) is 4.98. The van der Waals surface area contributed by atoms with Gasteiger partial charge in [0.05, 0.1) is 6.61 Å². The lowest BCUT2D eigenvalue weighted by atomic mass is 10.0. The molecule has 0 aromatic carbocycles. The summed E-state index contributed by atoms with van der Waals surface area (Å²) in [6.45, 7) is 6.88. The van der Waals surface area contributed by atoms with Crippen LogP contribution in [0.2, 0.25) is 0 Å². The highest BCUT2D eigenvalue weighted by Gasteiger charge is 2.23. The van der Waals surface area contributed by atoms with Crippen LogP contribution in [0.25, 0.3) is 0 Å². The molecule has 1 N–H and O–H groups in total. The SMILES string of the molecule is COCC(C)(C)NC1CCOCC1. The van der Waals surface area contributed by atoms with E-state index in [0.29, 0.717) is 6.04 Å². The monoisotopic (exact) mass is 187 g/mol. The lowest BCUT2D eigenvalue weighted by molar-refractivity contribution is 0.0570. The van der Waals surface area contributed by atoms with Crippen molar-refractivity contribution in [3.8, 4) is 0 Å². The van der Waals surface area contributed by atoms with Crippen LogP contribution in [0.5, 0.6) is 0 Å². The van der Waals surface area contributed by atoms with Crippen molar-refractivity contribution in [1.82, 2.24) is 5.32 Å². The second-order valence-corrected chi connectivity index (χ2v) is 4.35. The fourth-order valence-corrected chi connectivity index (χ4v) is 1.80. The highest BCUT2D eigenvalue weighted by atomic mass is 16.5. The molecule has 0 aromatic rings. The van der Waals surface area contributed by atoms with Crippen LogP contribution in [-0.4, -0.2) is 38.5 Å². The van der Waals surface area contributed by atoms with Gasteiger partial charge in [0, 0.05) is 31.9 Å². The first-order valence-corrected chi connectivity index (χ1v) is 4.98. The van der Waals surface area contributed by atoms with Crippen molar-refractivity contribution in [1.29, 1.82) is 0 Å². The van der Waals surface area contributed by atoms with Gasteiger partial charge < -0.3 is 14.8 Å². The van der Waals surface area contributed by atoms with Gasteiger partial charge in [0.1, 0.15) is 0 Å². The molecule has 1 saturated heterocycles. The normalized spacial score (nSPS) is 20.5. The van der Waals surface area contributed by atoms with E-state index in [0.717, 1.165) is 32.7 Å². The van der Waals surface area contributed by atoms with Gasteiger partial charge >= 0.3 is 0 Å². The molecule has 0 unspecified atom stereocenters. The van der Waals surface area contributed by atoms with Gasteiger partial charge in [-0.2, -0.15) is 0 Å². The third kappa shape index (κ3) is 4.07. The molecule has 0 amide bonds. The largest absolute Gasteiger partial charge is 0.383 e. The maximum absolute atomic E-state index is 5.30. The maximum Gasteiger partial charge on any atom is 0.0639 e. The molecule has 3 heteroatoms. The average molecular weight is 187 g/mol. The predicted octanol–water partition coefficient (Wildman–Crippen LogP) is 1.18. The molecule has 3 nitrogen and oxygen atoms in total. The van der Waals surface area contributed by atoms with Crippen molar-refractivity contribution in [2.45, 2.75) is 38.3 Å². The fraction of sp³-hybridized carbons (Fsp3) is 1.00. The molecule has 78 valence electrons. The average Bonchev–Trinajstić information content (AvgIpc) is 2.04. The van der Waals surface area contributed by atoms with Gasteiger partial charge in [-0.15, -0.1) is 0 Å². The van der Waals surface area contributed by atoms with Crippen molar-refractivity contribution in [3.05, 3.63) is 0 Å². The van der Waals surface area contributed by atoms with Crippen molar-refractivity contribution in [2.75, 3.05) is 26.9 Å². The molecule has 1 fully saturated rings. The molecule has 1 aliphatic rings. The summed E-state index contributed by atoms with van der Waals surface area (Å²) in [5.41, 5.74) is 0.0801. The highest BCUT2D eigenvalue weighted by Crippen LogP contribution is 2.11. The van der Waals surface area contributed by atoms with E-state index in [4.69, 9.17) is 9.47 Å². The molecule has 13 heavy (non-hydrogen) atoms.